The highest BCUT2D eigenvalue weighted by Crippen LogP contribution is 2.20. The van der Waals surface area contributed by atoms with Crippen molar-refractivity contribution in [3.8, 4) is 0 Å². The minimum Gasteiger partial charge on any atom is -0.386 e. The molecule has 0 saturated heterocycles. The van der Waals surface area contributed by atoms with Crippen LogP contribution in [0.15, 0.2) is 24.3 Å². The average molecular weight is 201 g/mol. The third-order valence-corrected chi connectivity index (χ3v) is 2.28. The summed E-state index contributed by atoms with van der Waals surface area (Å²) in [7, 11) is 1.57. The molecule has 2 atom stereocenters. The van der Waals surface area contributed by atoms with Crippen molar-refractivity contribution < 1.29 is 9.84 Å². The standard InChI is InChI=1S/C10H13ClO2/c1-7(13-2)10(12)8-3-5-9(11)6-4-8/h3-7,10,12H,1-2H3. The number of hydrogen-bond acceptors (Lipinski definition) is 2. The molecule has 0 bridgehead atoms. The SMILES string of the molecule is COC(C)C(O)c1ccc(Cl)cc1. The fourth-order valence-corrected chi connectivity index (χ4v) is 1.19. The number of rotatable bonds is 3. The van der Waals surface area contributed by atoms with Crippen LogP contribution in [0, 0.1) is 0 Å². The predicted octanol–water partition coefficient (Wildman–Crippen LogP) is 2.41. The lowest BCUT2D eigenvalue weighted by Gasteiger charge is -2.17. The van der Waals surface area contributed by atoms with Crippen molar-refractivity contribution >= 4 is 11.6 Å². The number of aliphatic hydroxyl groups is 1. The molecule has 0 aliphatic heterocycles. The molecule has 0 saturated carbocycles. The van der Waals surface area contributed by atoms with Crippen LogP contribution >= 0.6 is 11.6 Å². The Kier molecular flexibility index (Phi) is 3.72. The Bertz CT molecular complexity index is 258. The lowest BCUT2D eigenvalue weighted by molar-refractivity contribution is -0.00142. The second-order valence-electron chi connectivity index (χ2n) is 2.94. The molecule has 2 nitrogen and oxygen atoms in total. The molecule has 1 aromatic rings. The molecule has 0 aliphatic rings. The van der Waals surface area contributed by atoms with Crippen LogP contribution in [0.4, 0.5) is 0 Å². The topological polar surface area (TPSA) is 29.5 Å². The third kappa shape index (κ3) is 2.69. The van der Waals surface area contributed by atoms with Crippen molar-refractivity contribution in [1.29, 1.82) is 0 Å². The van der Waals surface area contributed by atoms with Crippen molar-refractivity contribution in [3.05, 3.63) is 34.9 Å². The molecule has 0 heterocycles. The fraction of sp³-hybridized carbons (Fsp3) is 0.400. The number of benzene rings is 1. The Morgan fingerprint density at radius 3 is 2.31 bits per heavy atom. The van der Waals surface area contributed by atoms with E-state index in [9.17, 15) is 5.11 Å². The number of aliphatic hydroxyl groups excluding tert-OH is 1. The van der Waals surface area contributed by atoms with E-state index in [0.717, 1.165) is 5.56 Å². The molecule has 0 radical (unpaired) electrons. The third-order valence-electron chi connectivity index (χ3n) is 2.03. The highest BCUT2D eigenvalue weighted by atomic mass is 35.5. The summed E-state index contributed by atoms with van der Waals surface area (Å²) in [5, 5.41) is 10.4. The van der Waals surface area contributed by atoms with Gasteiger partial charge in [0.1, 0.15) is 6.10 Å². The van der Waals surface area contributed by atoms with Gasteiger partial charge >= 0.3 is 0 Å². The summed E-state index contributed by atoms with van der Waals surface area (Å²) in [4.78, 5) is 0. The zero-order valence-electron chi connectivity index (χ0n) is 7.70. The summed E-state index contributed by atoms with van der Waals surface area (Å²) in [5.41, 5.74) is 0.818. The van der Waals surface area contributed by atoms with E-state index in [1.54, 1.807) is 31.4 Å². The Hall–Kier alpha value is -0.570. The van der Waals surface area contributed by atoms with Crippen LogP contribution in [0.5, 0.6) is 0 Å². The maximum Gasteiger partial charge on any atom is 0.105 e. The van der Waals surface area contributed by atoms with Crippen LogP contribution in [0.1, 0.15) is 18.6 Å². The van der Waals surface area contributed by atoms with Crippen LogP contribution in [0.3, 0.4) is 0 Å². The van der Waals surface area contributed by atoms with Gasteiger partial charge in [-0.3, -0.25) is 0 Å². The molecule has 3 heteroatoms. The predicted molar refractivity (Wildman–Crippen MR) is 52.9 cm³/mol. The summed E-state index contributed by atoms with van der Waals surface area (Å²) in [5.74, 6) is 0. The zero-order valence-corrected chi connectivity index (χ0v) is 8.45. The van der Waals surface area contributed by atoms with Gasteiger partial charge < -0.3 is 9.84 Å². The molecule has 1 rings (SSSR count). The first-order chi connectivity index (χ1) is 6.15. The van der Waals surface area contributed by atoms with Crippen LogP contribution in [-0.4, -0.2) is 18.3 Å². The smallest absolute Gasteiger partial charge is 0.105 e. The molecule has 72 valence electrons. The molecule has 1 aromatic carbocycles. The van der Waals surface area contributed by atoms with E-state index in [4.69, 9.17) is 16.3 Å². The lowest BCUT2D eigenvalue weighted by Crippen LogP contribution is -2.16. The Morgan fingerprint density at radius 2 is 1.85 bits per heavy atom. The molecule has 0 spiro atoms. The van der Waals surface area contributed by atoms with E-state index in [1.807, 2.05) is 6.92 Å². The maximum atomic E-state index is 9.71. The van der Waals surface area contributed by atoms with Crippen molar-refractivity contribution in [2.75, 3.05) is 7.11 Å². The fourth-order valence-electron chi connectivity index (χ4n) is 1.06. The van der Waals surface area contributed by atoms with Crippen LogP contribution in [-0.2, 0) is 4.74 Å². The van der Waals surface area contributed by atoms with E-state index >= 15 is 0 Å². The monoisotopic (exact) mass is 200 g/mol. The molecule has 0 amide bonds. The Balaban J connectivity index is 2.77. The van der Waals surface area contributed by atoms with E-state index in [2.05, 4.69) is 0 Å². The largest absolute Gasteiger partial charge is 0.386 e. The molecular formula is C10H13ClO2. The van der Waals surface area contributed by atoms with Crippen molar-refractivity contribution in [2.45, 2.75) is 19.1 Å². The lowest BCUT2D eigenvalue weighted by atomic mass is 10.1. The number of hydrogen-bond donors (Lipinski definition) is 1. The molecule has 0 fully saturated rings. The van der Waals surface area contributed by atoms with Gasteiger partial charge in [-0.05, 0) is 24.6 Å². The Morgan fingerprint density at radius 1 is 1.31 bits per heavy atom. The summed E-state index contributed by atoms with van der Waals surface area (Å²) >= 11 is 5.72. The van der Waals surface area contributed by atoms with Gasteiger partial charge in [0, 0.05) is 12.1 Å². The first-order valence-electron chi connectivity index (χ1n) is 4.11. The van der Waals surface area contributed by atoms with Gasteiger partial charge in [-0.25, -0.2) is 0 Å². The Labute approximate surface area is 83.1 Å². The summed E-state index contributed by atoms with van der Waals surface area (Å²) in [6, 6.07) is 7.09. The molecule has 0 aromatic heterocycles. The second kappa shape index (κ2) is 4.61. The van der Waals surface area contributed by atoms with Gasteiger partial charge in [-0.2, -0.15) is 0 Å². The molecule has 2 unspecified atom stereocenters. The van der Waals surface area contributed by atoms with Gasteiger partial charge in [-0.15, -0.1) is 0 Å². The first kappa shape index (κ1) is 10.5. The quantitative estimate of drug-likeness (QED) is 0.812. The molecule has 13 heavy (non-hydrogen) atoms. The van der Waals surface area contributed by atoms with Gasteiger partial charge in [-0.1, -0.05) is 23.7 Å². The van der Waals surface area contributed by atoms with Gasteiger partial charge in [0.05, 0.1) is 6.10 Å². The minimum absolute atomic E-state index is 0.207. The van der Waals surface area contributed by atoms with Crippen molar-refractivity contribution in [1.82, 2.24) is 0 Å². The van der Waals surface area contributed by atoms with Crippen molar-refractivity contribution in [2.24, 2.45) is 0 Å². The van der Waals surface area contributed by atoms with Crippen LogP contribution in [0.25, 0.3) is 0 Å². The number of halogens is 1. The van der Waals surface area contributed by atoms with E-state index in [0.29, 0.717) is 5.02 Å². The highest BCUT2D eigenvalue weighted by molar-refractivity contribution is 6.30. The summed E-state index contributed by atoms with van der Waals surface area (Å²) in [6.07, 6.45) is -0.802. The first-order valence-corrected chi connectivity index (χ1v) is 4.49. The highest BCUT2D eigenvalue weighted by Gasteiger charge is 2.14. The number of ether oxygens (including phenoxy) is 1. The van der Waals surface area contributed by atoms with E-state index < -0.39 is 6.10 Å². The van der Waals surface area contributed by atoms with Gasteiger partial charge in [0.25, 0.3) is 0 Å². The number of methoxy groups -OCH3 is 1. The average Bonchev–Trinajstić information content (AvgIpc) is 2.17. The molecule has 1 N–H and O–H groups in total. The van der Waals surface area contributed by atoms with E-state index in [1.165, 1.54) is 0 Å². The van der Waals surface area contributed by atoms with Crippen LogP contribution < -0.4 is 0 Å². The van der Waals surface area contributed by atoms with Crippen LogP contribution in [0.2, 0.25) is 5.02 Å². The normalized spacial score (nSPS) is 15.4. The molecule has 0 aliphatic carbocycles. The molecular weight excluding hydrogens is 188 g/mol. The maximum absolute atomic E-state index is 9.71. The second-order valence-corrected chi connectivity index (χ2v) is 3.37. The van der Waals surface area contributed by atoms with E-state index in [-0.39, 0.29) is 6.10 Å². The summed E-state index contributed by atoms with van der Waals surface area (Å²) in [6.45, 7) is 1.82. The summed E-state index contributed by atoms with van der Waals surface area (Å²) < 4.78 is 5.01. The van der Waals surface area contributed by atoms with Gasteiger partial charge in [0.2, 0.25) is 0 Å². The zero-order chi connectivity index (χ0) is 9.84. The minimum atomic E-state index is -0.595. The van der Waals surface area contributed by atoms with Gasteiger partial charge in [0.15, 0.2) is 0 Å². The van der Waals surface area contributed by atoms with Crippen molar-refractivity contribution in [3.63, 3.8) is 0 Å².